The van der Waals surface area contributed by atoms with Crippen LogP contribution in [0.15, 0.2) is 72.1 Å². The number of hydrogen-bond donors (Lipinski definition) is 1. The Morgan fingerprint density at radius 1 is 1.03 bits per heavy atom. The molecule has 38 heavy (non-hydrogen) atoms. The van der Waals surface area contributed by atoms with Gasteiger partial charge in [0, 0.05) is 32.6 Å². The zero-order valence-corrected chi connectivity index (χ0v) is 23.2. The SMILES string of the molecule is CCCOc1ccc(-c2csc(NC(=O)/C=C/c3ccc(OCc4c(Cl)cccc4Cl)c(OC)c3)n2)cc1. The molecule has 0 aliphatic heterocycles. The third-order valence-electron chi connectivity index (χ3n) is 5.41. The summed E-state index contributed by atoms with van der Waals surface area (Å²) in [6, 6.07) is 18.4. The first-order chi connectivity index (χ1) is 18.5. The third-order valence-corrected chi connectivity index (χ3v) is 6.87. The Balaban J connectivity index is 1.35. The third kappa shape index (κ3) is 7.28. The molecule has 1 aromatic heterocycles. The van der Waals surface area contributed by atoms with Crippen molar-refractivity contribution >= 4 is 51.7 Å². The zero-order valence-electron chi connectivity index (χ0n) is 20.9. The van der Waals surface area contributed by atoms with Crippen LogP contribution in [0.25, 0.3) is 17.3 Å². The number of carbonyl (C=O) groups is 1. The number of halogens is 2. The second-order valence-corrected chi connectivity index (χ2v) is 9.81. The van der Waals surface area contributed by atoms with Crippen molar-refractivity contribution in [1.82, 2.24) is 4.98 Å². The number of benzene rings is 3. The summed E-state index contributed by atoms with van der Waals surface area (Å²) in [4.78, 5) is 17.0. The first kappa shape index (κ1) is 27.5. The van der Waals surface area contributed by atoms with E-state index in [9.17, 15) is 4.79 Å². The molecule has 0 saturated heterocycles. The van der Waals surface area contributed by atoms with Gasteiger partial charge in [0.1, 0.15) is 12.4 Å². The maximum Gasteiger partial charge on any atom is 0.250 e. The lowest BCUT2D eigenvalue weighted by atomic mass is 10.2. The molecule has 0 radical (unpaired) electrons. The van der Waals surface area contributed by atoms with E-state index in [-0.39, 0.29) is 12.5 Å². The molecule has 6 nitrogen and oxygen atoms in total. The molecule has 0 saturated carbocycles. The summed E-state index contributed by atoms with van der Waals surface area (Å²) in [7, 11) is 1.55. The minimum absolute atomic E-state index is 0.193. The number of thiazole rings is 1. The summed E-state index contributed by atoms with van der Waals surface area (Å²) in [6.07, 6.45) is 4.09. The zero-order chi connectivity index (χ0) is 26.9. The van der Waals surface area contributed by atoms with E-state index in [1.54, 1.807) is 43.5 Å². The van der Waals surface area contributed by atoms with Crippen LogP contribution in [0, 0.1) is 0 Å². The Morgan fingerprint density at radius 3 is 2.50 bits per heavy atom. The predicted molar refractivity (Wildman–Crippen MR) is 155 cm³/mol. The highest BCUT2D eigenvalue weighted by Gasteiger charge is 2.11. The van der Waals surface area contributed by atoms with E-state index in [1.165, 1.54) is 17.4 Å². The molecule has 0 spiro atoms. The number of nitrogens with zero attached hydrogens (tertiary/aromatic N) is 1. The van der Waals surface area contributed by atoms with Crippen molar-refractivity contribution in [3.63, 3.8) is 0 Å². The standard InChI is InChI=1S/C29H26Cl2N2O4S/c1-3-15-36-21-11-9-20(10-12-21)25-18-38-29(32-25)33-28(34)14-8-19-7-13-26(27(16-19)35-2)37-17-22-23(30)5-4-6-24(22)31/h4-14,16,18H,3,15,17H2,1-2H3,(H,32,33,34)/b14-8+. The minimum Gasteiger partial charge on any atom is -0.494 e. The molecule has 0 aliphatic rings. The van der Waals surface area contributed by atoms with E-state index in [1.807, 2.05) is 35.7 Å². The molecule has 3 aromatic carbocycles. The normalized spacial score (nSPS) is 10.9. The summed E-state index contributed by atoms with van der Waals surface area (Å²) in [5.41, 5.74) is 3.20. The largest absolute Gasteiger partial charge is 0.494 e. The van der Waals surface area contributed by atoms with Gasteiger partial charge in [-0.2, -0.15) is 0 Å². The van der Waals surface area contributed by atoms with Crippen LogP contribution in [0.1, 0.15) is 24.5 Å². The van der Waals surface area contributed by atoms with Crippen molar-refractivity contribution in [3.05, 3.63) is 93.3 Å². The van der Waals surface area contributed by atoms with Crippen LogP contribution in [0.4, 0.5) is 5.13 Å². The first-order valence-electron chi connectivity index (χ1n) is 11.9. The average Bonchev–Trinajstić information content (AvgIpc) is 3.39. The molecule has 196 valence electrons. The number of hydrogen-bond acceptors (Lipinski definition) is 6. The first-order valence-corrected chi connectivity index (χ1v) is 13.5. The highest BCUT2D eigenvalue weighted by molar-refractivity contribution is 7.14. The maximum absolute atomic E-state index is 12.5. The fraction of sp³-hybridized carbons (Fsp3) is 0.172. The molecule has 0 atom stereocenters. The van der Waals surface area contributed by atoms with Gasteiger partial charge >= 0.3 is 0 Å². The van der Waals surface area contributed by atoms with Crippen molar-refractivity contribution in [3.8, 4) is 28.5 Å². The summed E-state index contributed by atoms with van der Waals surface area (Å²) >= 11 is 13.8. The van der Waals surface area contributed by atoms with E-state index in [0.29, 0.717) is 38.8 Å². The molecule has 4 aromatic rings. The molecule has 1 heterocycles. The van der Waals surface area contributed by atoms with Crippen molar-refractivity contribution in [2.24, 2.45) is 0 Å². The van der Waals surface area contributed by atoms with Crippen LogP contribution in [0.5, 0.6) is 17.2 Å². The summed E-state index contributed by atoms with van der Waals surface area (Å²) in [5.74, 6) is 1.59. The summed E-state index contributed by atoms with van der Waals surface area (Å²) < 4.78 is 17.0. The highest BCUT2D eigenvalue weighted by Crippen LogP contribution is 2.32. The fourth-order valence-corrected chi connectivity index (χ4v) is 4.68. The van der Waals surface area contributed by atoms with Gasteiger partial charge in [0.05, 0.1) is 19.4 Å². The van der Waals surface area contributed by atoms with Crippen LogP contribution in [0.2, 0.25) is 10.0 Å². The average molecular weight is 570 g/mol. The summed E-state index contributed by atoms with van der Waals surface area (Å²) in [5, 5.41) is 6.29. The second kappa shape index (κ2) is 13.3. The van der Waals surface area contributed by atoms with Gasteiger partial charge in [-0.3, -0.25) is 10.1 Å². The predicted octanol–water partition coefficient (Wildman–Crippen LogP) is 8.15. The van der Waals surface area contributed by atoms with Crippen LogP contribution >= 0.6 is 34.5 Å². The monoisotopic (exact) mass is 568 g/mol. The Bertz CT molecular complexity index is 1400. The molecule has 0 fully saturated rings. The van der Waals surface area contributed by atoms with E-state index in [0.717, 1.165) is 29.0 Å². The van der Waals surface area contributed by atoms with Gasteiger partial charge < -0.3 is 14.2 Å². The molecule has 0 unspecified atom stereocenters. The topological polar surface area (TPSA) is 69.7 Å². The number of nitrogens with one attached hydrogen (secondary N) is 1. The Hall–Kier alpha value is -3.52. The van der Waals surface area contributed by atoms with Gasteiger partial charge in [0.15, 0.2) is 16.6 Å². The lowest BCUT2D eigenvalue weighted by Gasteiger charge is -2.13. The van der Waals surface area contributed by atoms with E-state index in [2.05, 4.69) is 17.2 Å². The van der Waals surface area contributed by atoms with E-state index >= 15 is 0 Å². The molecule has 0 bridgehead atoms. The van der Waals surface area contributed by atoms with E-state index < -0.39 is 0 Å². The van der Waals surface area contributed by atoms with Crippen LogP contribution in [-0.2, 0) is 11.4 Å². The van der Waals surface area contributed by atoms with Crippen molar-refractivity contribution < 1.29 is 19.0 Å². The van der Waals surface area contributed by atoms with Crippen LogP contribution in [-0.4, -0.2) is 24.6 Å². The summed E-state index contributed by atoms with van der Waals surface area (Å²) in [6.45, 7) is 2.95. The quantitative estimate of drug-likeness (QED) is 0.185. The second-order valence-electron chi connectivity index (χ2n) is 8.13. The molecule has 1 amide bonds. The van der Waals surface area contributed by atoms with Gasteiger partial charge in [0.25, 0.3) is 0 Å². The number of anilines is 1. The smallest absolute Gasteiger partial charge is 0.250 e. The van der Waals surface area contributed by atoms with Crippen molar-refractivity contribution in [2.45, 2.75) is 20.0 Å². The molecule has 4 rings (SSSR count). The van der Waals surface area contributed by atoms with Gasteiger partial charge in [-0.25, -0.2) is 4.98 Å². The highest BCUT2D eigenvalue weighted by atomic mass is 35.5. The Kier molecular flexibility index (Phi) is 9.65. The number of carbonyl (C=O) groups excluding carboxylic acids is 1. The number of methoxy groups -OCH3 is 1. The number of rotatable bonds is 11. The van der Waals surface area contributed by atoms with Crippen LogP contribution in [0.3, 0.4) is 0 Å². The molecule has 0 aliphatic carbocycles. The lowest BCUT2D eigenvalue weighted by Crippen LogP contribution is -2.07. The molecule has 1 N–H and O–H groups in total. The molecular formula is C29H26Cl2N2O4S. The molecular weight excluding hydrogens is 543 g/mol. The number of amides is 1. The lowest BCUT2D eigenvalue weighted by molar-refractivity contribution is -0.111. The number of aromatic nitrogens is 1. The molecule has 9 heteroatoms. The van der Waals surface area contributed by atoms with Crippen LogP contribution < -0.4 is 19.5 Å². The van der Waals surface area contributed by atoms with Crippen molar-refractivity contribution in [2.75, 3.05) is 19.0 Å². The van der Waals surface area contributed by atoms with Crippen molar-refractivity contribution in [1.29, 1.82) is 0 Å². The maximum atomic E-state index is 12.5. The Morgan fingerprint density at radius 2 is 1.79 bits per heavy atom. The van der Waals surface area contributed by atoms with Gasteiger partial charge in [-0.1, -0.05) is 42.3 Å². The van der Waals surface area contributed by atoms with Gasteiger partial charge in [-0.15, -0.1) is 11.3 Å². The van der Waals surface area contributed by atoms with Gasteiger partial charge in [-0.05, 0) is 66.6 Å². The van der Waals surface area contributed by atoms with E-state index in [4.69, 9.17) is 37.4 Å². The minimum atomic E-state index is -0.290. The fourth-order valence-electron chi connectivity index (χ4n) is 3.45. The van der Waals surface area contributed by atoms with Gasteiger partial charge in [0.2, 0.25) is 5.91 Å². The Labute approximate surface area is 235 Å². The number of ether oxygens (including phenoxy) is 3.